The van der Waals surface area contributed by atoms with Crippen molar-refractivity contribution in [3.8, 4) is 11.4 Å². The molecular weight excluding hydrogens is 291 g/mol. The van der Waals surface area contributed by atoms with Gasteiger partial charge in [-0.1, -0.05) is 36.4 Å². The van der Waals surface area contributed by atoms with E-state index in [0.717, 1.165) is 5.56 Å². The van der Waals surface area contributed by atoms with E-state index in [1.807, 2.05) is 30.3 Å². The minimum Gasteiger partial charge on any atom is -0.324 e. The van der Waals surface area contributed by atoms with Crippen LogP contribution in [0.3, 0.4) is 0 Å². The van der Waals surface area contributed by atoms with Crippen LogP contribution in [0.15, 0.2) is 54.6 Å². The van der Waals surface area contributed by atoms with E-state index >= 15 is 0 Å². The van der Waals surface area contributed by atoms with Gasteiger partial charge >= 0.3 is 0 Å². The summed E-state index contributed by atoms with van der Waals surface area (Å²) in [5, 5.41) is 2.98. The van der Waals surface area contributed by atoms with Crippen LogP contribution in [0.25, 0.3) is 11.4 Å². The first-order chi connectivity index (χ1) is 10.2. The molecule has 2 aromatic carbocycles. The molecule has 3 rings (SSSR count). The quantitative estimate of drug-likeness (QED) is 0.792. The smallest absolute Gasteiger partial charge is 0.232 e. The third kappa shape index (κ3) is 3.32. The molecule has 3 aromatic rings. The van der Waals surface area contributed by atoms with Crippen LogP contribution < -0.4 is 5.32 Å². The topological polar surface area (TPSA) is 50.7 Å². The summed E-state index contributed by atoms with van der Waals surface area (Å²) in [5.74, 6) is 0.373. The summed E-state index contributed by atoms with van der Waals surface area (Å²) < 4.78 is 13.2. The number of nitrogens with zero attached hydrogens (tertiary/aromatic N) is 3. The van der Waals surface area contributed by atoms with Crippen molar-refractivity contribution in [3.05, 3.63) is 65.7 Å². The largest absolute Gasteiger partial charge is 0.324 e. The molecule has 0 fully saturated rings. The molecule has 0 bridgehead atoms. The molecule has 0 aliphatic rings. The molecule has 0 aliphatic carbocycles. The summed E-state index contributed by atoms with van der Waals surface area (Å²) in [6.07, 6.45) is 0. The minimum atomic E-state index is -0.344. The molecule has 0 spiro atoms. The Balaban J connectivity index is 1.95. The summed E-state index contributed by atoms with van der Waals surface area (Å²) in [5.41, 5.74) is 1.36. The first-order valence-corrected chi connectivity index (χ1v) is 6.58. The van der Waals surface area contributed by atoms with Crippen LogP contribution in [0, 0.1) is 5.82 Å². The average Bonchev–Trinajstić information content (AvgIpc) is 2.47. The number of nitrogens with one attached hydrogen (secondary N) is 1. The van der Waals surface area contributed by atoms with Gasteiger partial charge in [-0.15, -0.1) is 0 Å². The third-order valence-electron chi connectivity index (χ3n) is 2.72. The highest BCUT2D eigenvalue weighted by molar-refractivity contribution is 6.28. The van der Waals surface area contributed by atoms with Crippen LogP contribution >= 0.6 is 11.6 Å². The Morgan fingerprint density at radius 1 is 0.905 bits per heavy atom. The Hall–Kier alpha value is -2.53. The van der Waals surface area contributed by atoms with Gasteiger partial charge in [0, 0.05) is 11.3 Å². The van der Waals surface area contributed by atoms with Crippen molar-refractivity contribution in [1.82, 2.24) is 15.0 Å². The van der Waals surface area contributed by atoms with Gasteiger partial charge in [0.25, 0.3) is 0 Å². The number of rotatable bonds is 3. The highest BCUT2D eigenvalue weighted by Gasteiger charge is 2.07. The zero-order valence-electron chi connectivity index (χ0n) is 10.8. The monoisotopic (exact) mass is 300 g/mol. The second kappa shape index (κ2) is 5.85. The second-order valence-electron chi connectivity index (χ2n) is 4.25. The van der Waals surface area contributed by atoms with Crippen molar-refractivity contribution in [2.24, 2.45) is 0 Å². The van der Waals surface area contributed by atoms with Gasteiger partial charge in [-0.05, 0) is 29.8 Å². The Morgan fingerprint density at radius 2 is 1.71 bits per heavy atom. The molecule has 0 unspecified atom stereocenters. The van der Waals surface area contributed by atoms with E-state index < -0.39 is 0 Å². The van der Waals surface area contributed by atoms with E-state index in [2.05, 4.69) is 20.3 Å². The van der Waals surface area contributed by atoms with Crippen LogP contribution in [0.2, 0.25) is 5.28 Å². The van der Waals surface area contributed by atoms with Crippen LogP contribution in [0.4, 0.5) is 16.0 Å². The first-order valence-electron chi connectivity index (χ1n) is 6.20. The van der Waals surface area contributed by atoms with E-state index in [-0.39, 0.29) is 17.0 Å². The van der Waals surface area contributed by atoms with Crippen molar-refractivity contribution in [2.45, 2.75) is 0 Å². The molecule has 4 nitrogen and oxygen atoms in total. The summed E-state index contributed by atoms with van der Waals surface area (Å²) in [7, 11) is 0. The van der Waals surface area contributed by atoms with Crippen LogP contribution in [-0.2, 0) is 0 Å². The molecule has 0 atom stereocenters. The molecule has 21 heavy (non-hydrogen) atoms. The van der Waals surface area contributed by atoms with Gasteiger partial charge in [0.2, 0.25) is 11.2 Å². The van der Waals surface area contributed by atoms with E-state index in [9.17, 15) is 4.39 Å². The molecule has 0 saturated heterocycles. The lowest BCUT2D eigenvalue weighted by molar-refractivity contribution is 0.628. The lowest BCUT2D eigenvalue weighted by atomic mass is 10.2. The van der Waals surface area contributed by atoms with Crippen LogP contribution in [-0.4, -0.2) is 15.0 Å². The van der Waals surface area contributed by atoms with Gasteiger partial charge in [-0.3, -0.25) is 0 Å². The Morgan fingerprint density at radius 3 is 2.48 bits per heavy atom. The SMILES string of the molecule is Fc1cccc(Nc2nc(Cl)nc(-c3ccccc3)n2)c1. The molecule has 1 aromatic heterocycles. The normalized spacial score (nSPS) is 10.4. The lowest BCUT2D eigenvalue weighted by Gasteiger charge is -2.07. The molecule has 0 saturated carbocycles. The number of hydrogen-bond acceptors (Lipinski definition) is 4. The number of aromatic nitrogens is 3. The molecule has 1 heterocycles. The standard InChI is InChI=1S/C15H10ClFN4/c16-14-19-13(10-5-2-1-3-6-10)20-15(21-14)18-12-8-4-7-11(17)9-12/h1-9H,(H,18,19,20,21). The van der Waals surface area contributed by atoms with Crippen molar-refractivity contribution >= 4 is 23.2 Å². The van der Waals surface area contributed by atoms with Crippen LogP contribution in [0.1, 0.15) is 0 Å². The lowest BCUT2D eigenvalue weighted by Crippen LogP contribution is -2.01. The van der Waals surface area contributed by atoms with Crippen molar-refractivity contribution in [3.63, 3.8) is 0 Å². The van der Waals surface area contributed by atoms with Gasteiger partial charge in [0.15, 0.2) is 5.82 Å². The molecule has 0 amide bonds. The second-order valence-corrected chi connectivity index (χ2v) is 4.59. The Kier molecular flexibility index (Phi) is 3.75. The van der Waals surface area contributed by atoms with Crippen LogP contribution in [0.5, 0.6) is 0 Å². The zero-order chi connectivity index (χ0) is 14.7. The van der Waals surface area contributed by atoms with Gasteiger partial charge in [0.1, 0.15) is 5.82 Å². The van der Waals surface area contributed by atoms with E-state index in [0.29, 0.717) is 11.5 Å². The highest BCUT2D eigenvalue weighted by atomic mass is 35.5. The van der Waals surface area contributed by atoms with E-state index in [1.165, 1.54) is 12.1 Å². The third-order valence-corrected chi connectivity index (χ3v) is 2.89. The van der Waals surface area contributed by atoms with Crippen molar-refractivity contribution in [2.75, 3.05) is 5.32 Å². The summed E-state index contributed by atoms with van der Waals surface area (Å²) in [6, 6.07) is 15.4. The number of anilines is 2. The number of halogens is 2. The maximum Gasteiger partial charge on any atom is 0.232 e. The van der Waals surface area contributed by atoms with E-state index in [4.69, 9.17) is 11.6 Å². The minimum absolute atomic E-state index is 0.0720. The maximum atomic E-state index is 13.2. The van der Waals surface area contributed by atoms with Crippen molar-refractivity contribution in [1.29, 1.82) is 0 Å². The maximum absolute atomic E-state index is 13.2. The first kappa shape index (κ1) is 13.5. The summed E-state index contributed by atoms with van der Waals surface area (Å²) >= 11 is 5.92. The molecule has 6 heteroatoms. The molecular formula is C15H10ClFN4. The average molecular weight is 301 g/mol. The molecule has 0 radical (unpaired) electrons. The zero-order valence-corrected chi connectivity index (χ0v) is 11.5. The molecule has 1 N–H and O–H groups in total. The predicted octanol–water partition coefficient (Wildman–Crippen LogP) is 4.07. The molecule has 104 valence electrons. The summed E-state index contributed by atoms with van der Waals surface area (Å²) in [6.45, 7) is 0. The number of hydrogen-bond donors (Lipinski definition) is 1. The predicted molar refractivity (Wildman–Crippen MR) is 80.0 cm³/mol. The fourth-order valence-electron chi connectivity index (χ4n) is 1.82. The fourth-order valence-corrected chi connectivity index (χ4v) is 1.98. The van der Waals surface area contributed by atoms with Gasteiger partial charge in [0.05, 0.1) is 0 Å². The van der Waals surface area contributed by atoms with Gasteiger partial charge in [-0.25, -0.2) is 4.39 Å². The molecule has 0 aliphatic heterocycles. The van der Waals surface area contributed by atoms with E-state index in [1.54, 1.807) is 12.1 Å². The fraction of sp³-hybridized carbons (Fsp3) is 0. The highest BCUT2D eigenvalue weighted by Crippen LogP contribution is 2.20. The van der Waals surface area contributed by atoms with Gasteiger partial charge in [-0.2, -0.15) is 15.0 Å². The Labute approximate surface area is 125 Å². The summed E-state index contributed by atoms with van der Waals surface area (Å²) in [4.78, 5) is 12.4. The number of benzene rings is 2. The Bertz CT molecular complexity index is 765. The van der Waals surface area contributed by atoms with Crippen molar-refractivity contribution < 1.29 is 4.39 Å². The van der Waals surface area contributed by atoms with Gasteiger partial charge < -0.3 is 5.32 Å².